The maximum Gasteiger partial charge on any atom is 1.00 e. The molecule has 1 N–H and O–H groups in total. The molecule has 16 heteroatoms. The zero-order valence-electron chi connectivity index (χ0n) is 34.0. The number of carboxylic acid groups (broad SMARTS) is 1. The second-order valence-corrected chi connectivity index (χ2v) is 17.2. The van der Waals surface area contributed by atoms with Crippen molar-refractivity contribution in [1.82, 2.24) is 4.58 Å². The zero-order valence-corrected chi connectivity index (χ0v) is 37.7. The molecule has 1 aliphatic carbocycles. The summed E-state index contributed by atoms with van der Waals surface area (Å²) in [6.45, 7) is 6.33. The van der Waals surface area contributed by atoms with Gasteiger partial charge in [0.05, 0.1) is 21.1 Å². The summed E-state index contributed by atoms with van der Waals surface area (Å²) in [7, 11) is -6.02. The van der Waals surface area contributed by atoms with Crippen LogP contribution in [0.25, 0.3) is 28.7 Å². The average Bonchev–Trinajstić information content (AvgIpc) is 3.40. The van der Waals surface area contributed by atoms with E-state index < -0.39 is 42.3 Å². The Morgan fingerprint density at radius 3 is 2.25 bits per heavy atom. The number of methoxy groups -OCH3 is 2. The van der Waals surface area contributed by atoms with E-state index in [-0.39, 0.29) is 61.8 Å². The number of aliphatic carboxylic acids is 1. The maximum absolute atomic E-state index is 12.1. The number of rotatable bonds is 19. The summed E-state index contributed by atoms with van der Waals surface area (Å²) >= 11 is 0. The molecular formula is C43H49N2NaO11S2. The maximum atomic E-state index is 12.1. The Labute approximate surface area is 368 Å². The number of benzene rings is 3. The van der Waals surface area contributed by atoms with Crippen LogP contribution in [0.3, 0.4) is 0 Å². The number of nitrogens with zero attached hydrogens (tertiary/aromatic N) is 2. The third-order valence-electron chi connectivity index (χ3n) is 10.3. The van der Waals surface area contributed by atoms with Crippen molar-refractivity contribution in [2.45, 2.75) is 49.8 Å². The van der Waals surface area contributed by atoms with Crippen LogP contribution in [-0.2, 0) is 39.9 Å². The summed E-state index contributed by atoms with van der Waals surface area (Å²) in [4.78, 5) is 12.9. The van der Waals surface area contributed by atoms with Crippen molar-refractivity contribution in [2.24, 2.45) is 0 Å². The van der Waals surface area contributed by atoms with E-state index in [1.54, 1.807) is 25.2 Å². The van der Waals surface area contributed by atoms with Gasteiger partial charge in [0.2, 0.25) is 5.36 Å². The van der Waals surface area contributed by atoms with Gasteiger partial charge in [0, 0.05) is 72.5 Å². The summed E-state index contributed by atoms with van der Waals surface area (Å²) in [5.74, 6) is -0.214. The Morgan fingerprint density at radius 2 is 1.63 bits per heavy atom. The number of hydrogen-bond donors (Lipinski definition) is 1. The molecule has 5 rings (SSSR count). The van der Waals surface area contributed by atoms with Gasteiger partial charge in [-0.3, -0.25) is 4.79 Å². The predicted molar refractivity (Wildman–Crippen MR) is 220 cm³/mol. The summed E-state index contributed by atoms with van der Waals surface area (Å²) in [5, 5.41) is 10.4. The second kappa shape index (κ2) is 21.1. The number of hydrogen-bond acceptors (Lipinski definition) is 11. The molecule has 2 aliphatic heterocycles. The molecule has 13 nitrogen and oxygen atoms in total. The third-order valence-corrected chi connectivity index (χ3v) is 11.9. The van der Waals surface area contributed by atoms with Gasteiger partial charge in [-0.05, 0) is 74.6 Å². The average molecular weight is 857 g/mol. The quantitative estimate of drug-likeness (QED) is 0.0630. The van der Waals surface area contributed by atoms with Crippen LogP contribution in [0, 0.1) is 6.92 Å². The predicted octanol–water partition coefficient (Wildman–Crippen LogP) is 2.75. The van der Waals surface area contributed by atoms with Crippen LogP contribution < -0.4 is 44.4 Å². The van der Waals surface area contributed by atoms with Crippen molar-refractivity contribution in [3.05, 3.63) is 119 Å². The van der Waals surface area contributed by atoms with E-state index >= 15 is 0 Å². The fraction of sp³-hybridized carbons (Fsp3) is 0.349. The Morgan fingerprint density at radius 1 is 0.932 bits per heavy atom. The van der Waals surface area contributed by atoms with Gasteiger partial charge < -0.3 is 33.0 Å². The molecule has 0 radical (unpaired) electrons. The normalized spacial score (nSPS) is 16.3. The van der Waals surface area contributed by atoms with Gasteiger partial charge in [-0.1, -0.05) is 54.6 Å². The van der Waals surface area contributed by atoms with Crippen LogP contribution in [0.5, 0.6) is 0 Å². The van der Waals surface area contributed by atoms with Crippen molar-refractivity contribution in [1.29, 1.82) is 0 Å². The number of carbonyl (C=O) groups is 1. The molecule has 0 spiro atoms. The smallest absolute Gasteiger partial charge is 0.748 e. The summed E-state index contributed by atoms with van der Waals surface area (Å²) < 4.78 is 90.3. The molecule has 0 fully saturated rings. The van der Waals surface area contributed by atoms with E-state index in [2.05, 4.69) is 4.58 Å². The Kier molecular flexibility index (Phi) is 17.1. The van der Waals surface area contributed by atoms with E-state index in [4.69, 9.17) is 13.9 Å². The summed E-state index contributed by atoms with van der Waals surface area (Å²) in [6.07, 6.45) is 9.63. The molecule has 310 valence electrons. The molecule has 1 atom stereocenters. The van der Waals surface area contributed by atoms with Crippen molar-refractivity contribution >= 4 is 38.0 Å². The zero-order chi connectivity index (χ0) is 42.1. The van der Waals surface area contributed by atoms with E-state index in [9.17, 15) is 35.8 Å². The first-order valence-corrected chi connectivity index (χ1v) is 21.8. The van der Waals surface area contributed by atoms with Crippen LogP contribution in [0.1, 0.15) is 49.3 Å². The number of fused-ring (bicyclic) bond motifs is 2. The molecule has 0 saturated heterocycles. The molecule has 0 bridgehead atoms. The molecule has 2 aromatic carbocycles. The van der Waals surface area contributed by atoms with Crippen LogP contribution in [0.2, 0.25) is 0 Å². The van der Waals surface area contributed by atoms with Gasteiger partial charge in [-0.2, -0.15) is 0 Å². The van der Waals surface area contributed by atoms with Crippen LogP contribution in [-0.4, -0.2) is 89.8 Å². The molecule has 1 unspecified atom stereocenters. The largest absolute Gasteiger partial charge is 1.00 e. The molecule has 0 aromatic heterocycles. The topological polar surface area (TPSA) is 190 Å². The fourth-order valence-corrected chi connectivity index (χ4v) is 8.40. The monoisotopic (exact) mass is 856 g/mol. The fourth-order valence-electron chi connectivity index (χ4n) is 7.42. The van der Waals surface area contributed by atoms with Gasteiger partial charge in [-0.25, -0.2) is 21.4 Å². The molecule has 2 heterocycles. The van der Waals surface area contributed by atoms with E-state index in [0.717, 1.165) is 27.6 Å². The van der Waals surface area contributed by atoms with E-state index in [0.29, 0.717) is 54.8 Å². The van der Waals surface area contributed by atoms with Crippen LogP contribution >= 0.6 is 0 Å². The minimum Gasteiger partial charge on any atom is -0.748 e. The minimum atomic E-state index is -4.83. The van der Waals surface area contributed by atoms with Crippen LogP contribution in [0.4, 0.5) is 5.69 Å². The first-order chi connectivity index (χ1) is 27.6. The number of allylic oxidation sites excluding steroid dienone is 5. The van der Waals surface area contributed by atoms with Crippen molar-refractivity contribution < 1.29 is 79.3 Å². The first-order valence-electron chi connectivity index (χ1n) is 18.8. The molecule has 2 aromatic rings. The van der Waals surface area contributed by atoms with Gasteiger partial charge in [0.1, 0.15) is 34.9 Å². The van der Waals surface area contributed by atoms with Gasteiger partial charge in [0.15, 0.2) is 13.1 Å². The third kappa shape index (κ3) is 12.1. The van der Waals surface area contributed by atoms with E-state index in [1.165, 1.54) is 18.2 Å². The second-order valence-electron chi connectivity index (χ2n) is 14.3. The molecular weight excluding hydrogens is 808 g/mol. The molecule has 0 saturated carbocycles. The van der Waals surface area contributed by atoms with E-state index in [1.807, 2.05) is 86.7 Å². The summed E-state index contributed by atoms with van der Waals surface area (Å²) in [6, 6.07) is 19.9. The number of carboxylic acids is 1. The minimum absolute atomic E-state index is 0. The summed E-state index contributed by atoms with van der Waals surface area (Å²) in [5.41, 5.74) is 4.35. The van der Waals surface area contributed by atoms with Gasteiger partial charge in [-0.15, -0.1) is 0 Å². The van der Waals surface area contributed by atoms with Crippen molar-refractivity contribution in [3.8, 4) is 22.6 Å². The Balaban J connectivity index is 0.00000769. The van der Waals surface area contributed by atoms with Gasteiger partial charge in [0.25, 0.3) is 0 Å². The van der Waals surface area contributed by atoms with Gasteiger partial charge >= 0.3 is 35.5 Å². The number of ether oxygens (including phenoxy) is 2. The van der Waals surface area contributed by atoms with Crippen molar-refractivity contribution in [3.63, 3.8) is 0 Å². The van der Waals surface area contributed by atoms with Crippen molar-refractivity contribution in [2.75, 3.05) is 57.7 Å². The Hall–Kier alpha value is -3.90. The number of anilines is 1. The first kappa shape index (κ1) is 47.8. The molecule has 59 heavy (non-hydrogen) atoms. The molecule has 0 amide bonds. The Bertz CT molecular complexity index is 2450. The van der Waals surface area contributed by atoms with Crippen LogP contribution in [0.15, 0.2) is 106 Å². The molecule has 3 aliphatic rings. The SMILES string of the molecule is COCC[N+](CCOC)=c1ccc2c(/C=C/C=C/C=C3\N(CCCS(=O)(=O)[O-])c4ccc(S(=O)(=O)[O-])cc4C3(C)CCCC(=O)O)c(C)c(-c3ccccc3)oc-2c1.[Na+]. The standard InChI is InChI=1S/C43H50N2O11S2.Na/c1-31-35(36-20-18-33(44(24-26-54-3)25-27-55-4)29-39(36)56-42(31)32-13-7-5-8-14-32)15-9-6-10-16-40-43(2,22-11-17-41(46)47)37-30-34(58(51,52)53)19-21-38(37)45(40)23-12-28-57(48,49)50;/h5-10,13-16,18-21,29-30H,11-12,17,22-28H2,1-4H3,(H2-,46,47,48,49,50,51,52,53);/q;+1/p-1.